The summed E-state index contributed by atoms with van der Waals surface area (Å²) < 4.78 is 13.7. The fourth-order valence-electron chi connectivity index (χ4n) is 3.66. The van der Waals surface area contributed by atoms with E-state index in [1.54, 1.807) is 6.07 Å². The Hall–Kier alpha value is -2.77. The molecule has 0 aromatic heterocycles. The third-order valence-corrected chi connectivity index (χ3v) is 5.51. The molecule has 7 heteroatoms. The first-order valence-electron chi connectivity index (χ1n) is 10.00. The number of halogens is 1. The summed E-state index contributed by atoms with van der Waals surface area (Å²) in [6.45, 7) is 6.53. The fourth-order valence-corrected chi connectivity index (χ4v) is 3.66. The Balaban J connectivity index is 1.65. The van der Waals surface area contributed by atoms with Crippen LogP contribution >= 0.6 is 0 Å². The maximum Gasteiger partial charge on any atom is 0.313 e. The molecule has 1 heterocycles. The molecule has 1 fully saturated rings. The molecule has 2 amide bonds. The number of hydrogen-bond donors (Lipinski definition) is 4. The molecule has 0 aliphatic carbocycles. The average molecular weight is 400 g/mol. The SMILES string of the molecule is Cc1ccc([C@@H](CNC(=O)C(=O)Nc2ccccc2F)[NH+]2CC[NH+](C)CC2)cc1. The van der Waals surface area contributed by atoms with Gasteiger partial charge in [0.05, 0.1) is 19.3 Å². The molecule has 29 heavy (non-hydrogen) atoms. The molecule has 1 aliphatic rings. The predicted octanol–water partition coefficient (Wildman–Crippen LogP) is -0.657. The molecule has 154 valence electrons. The van der Waals surface area contributed by atoms with Crippen molar-refractivity contribution in [1.29, 1.82) is 0 Å². The van der Waals surface area contributed by atoms with Crippen LogP contribution < -0.4 is 20.4 Å². The lowest BCUT2D eigenvalue weighted by Gasteiger charge is -2.33. The fraction of sp³-hybridized carbons (Fsp3) is 0.364. The van der Waals surface area contributed by atoms with E-state index in [2.05, 4.69) is 41.9 Å². The van der Waals surface area contributed by atoms with E-state index in [9.17, 15) is 14.0 Å². The Morgan fingerprint density at radius 2 is 1.66 bits per heavy atom. The monoisotopic (exact) mass is 400 g/mol. The van der Waals surface area contributed by atoms with Crippen LogP contribution in [-0.2, 0) is 9.59 Å². The van der Waals surface area contributed by atoms with E-state index >= 15 is 0 Å². The van der Waals surface area contributed by atoms with Crippen LogP contribution in [0, 0.1) is 12.7 Å². The quantitative estimate of drug-likeness (QED) is 0.504. The van der Waals surface area contributed by atoms with Crippen molar-refractivity contribution in [2.45, 2.75) is 13.0 Å². The van der Waals surface area contributed by atoms with Gasteiger partial charge in [-0.2, -0.15) is 0 Å². The molecular weight excluding hydrogens is 371 g/mol. The summed E-state index contributed by atoms with van der Waals surface area (Å²) in [5, 5.41) is 5.07. The van der Waals surface area contributed by atoms with Gasteiger partial charge in [-0.25, -0.2) is 4.39 Å². The highest BCUT2D eigenvalue weighted by molar-refractivity contribution is 6.39. The second-order valence-electron chi connectivity index (χ2n) is 7.72. The maximum atomic E-state index is 13.7. The standard InChI is InChI=1S/C22H27FN4O2/c1-16-7-9-17(10-8-16)20(27-13-11-26(2)12-14-27)15-24-21(28)22(29)25-19-6-4-3-5-18(19)23/h3-10,20H,11-15H2,1-2H3,(H,24,28)(H,25,29)/p+2/t20-/m1/s1. The van der Waals surface area contributed by atoms with Gasteiger partial charge in [-0.3, -0.25) is 9.59 Å². The number of hydrogen-bond acceptors (Lipinski definition) is 2. The third-order valence-electron chi connectivity index (χ3n) is 5.51. The number of nitrogens with one attached hydrogen (secondary N) is 4. The van der Waals surface area contributed by atoms with Crippen LogP contribution in [0.5, 0.6) is 0 Å². The van der Waals surface area contributed by atoms with Gasteiger partial charge in [-0.05, 0) is 19.1 Å². The summed E-state index contributed by atoms with van der Waals surface area (Å²) in [4.78, 5) is 27.4. The van der Waals surface area contributed by atoms with E-state index in [1.165, 1.54) is 33.6 Å². The zero-order valence-corrected chi connectivity index (χ0v) is 16.9. The summed E-state index contributed by atoms with van der Waals surface area (Å²) >= 11 is 0. The molecule has 1 aliphatic heterocycles. The van der Waals surface area contributed by atoms with Crippen LogP contribution in [0.25, 0.3) is 0 Å². The van der Waals surface area contributed by atoms with E-state index in [0.717, 1.165) is 31.7 Å². The highest BCUT2D eigenvalue weighted by Crippen LogP contribution is 2.13. The van der Waals surface area contributed by atoms with Crippen LogP contribution in [0.3, 0.4) is 0 Å². The van der Waals surface area contributed by atoms with Gasteiger partial charge in [0.25, 0.3) is 0 Å². The minimum atomic E-state index is -0.865. The molecule has 2 aromatic rings. The number of rotatable bonds is 5. The van der Waals surface area contributed by atoms with Gasteiger partial charge in [0.1, 0.15) is 38.0 Å². The van der Waals surface area contributed by atoms with Crippen molar-refractivity contribution in [1.82, 2.24) is 5.32 Å². The van der Waals surface area contributed by atoms with Crippen molar-refractivity contribution < 1.29 is 23.8 Å². The number of anilines is 1. The van der Waals surface area contributed by atoms with Gasteiger partial charge in [0, 0.05) is 5.56 Å². The van der Waals surface area contributed by atoms with Crippen LogP contribution in [0.4, 0.5) is 10.1 Å². The lowest BCUT2D eigenvalue weighted by atomic mass is 10.0. The second-order valence-corrected chi connectivity index (χ2v) is 7.72. The number of carbonyl (C=O) groups is 2. The summed E-state index contributed by atoms with van der Waals surface area (Å²) in [6.07, 6.45) is 0. The average Bonchev–Trinajstić information content (AvgIpc) is 2.72. The molecule has 0 unspecified atom stereocenters. The van der Waals surface area contributed by atoms with Crippen molar-refractivity contribution in [2.75, 3.05) is 45.1 Å². The van der Waals surface area contributed by atoms with Crippen molar-refractivity contribution in [3.63, 3.8) is 0 Å². The lowest BCUT2D eigenvalue weighted by molar-refractivity contribution is -1.02. The first-order chi connectivity index (χ1) is 13.9. The summed E-state index contributed by atoms with van der Waals surface area (Å²) in [6, 6.07) is 14.2. The van der Waals surface area contributed by atoms with Gasteiger partial charge in [-0.1, -0.05) is 42.0 Å². The number of para-hydroxylation sites is 1. The molecule has 0 saturated carbocycles. The smallest absolute Gasteiger partial charge is 0.313 e. The zero-order chi connectivity index (χ0) is 20.8. The van der Waals surface area contributed by atoms with Crippen LogP contribution in [0.15, 0.2) is 48.5 Å². The highest BCUT2D eigenvalue weighted by atomic mass is 19.1. The van der Waals surface area contributed by atoms with E-state index in [1.807, 2.05) is 6.92 Å². The van der Waals surface area contributed by atoms with E-state index in [-0.39, 0.29) is 11.7 Å². The van der Waals surface area contributed by atoms with Crippen LogP contribution in [0.1, 0.15) is 17.2 Å². The number of likely N-dealkylation sites (N-methyl/N-ethyl adjacent to an activating group) is 1. The molecule has 0 bridgehead atoms. The largest absolute Gasteiger partial charge is 0.341 e. The normalized spacial score (nSPS) is 20.0. The number of aryl methyl sites for hydroxylation is 1. The number of carbonyl (C=O) groups excluding carboxylic acids is 2. The van der Waals surface area contributed by atoms with Crippen molar-refractivity contribution >= 4 is 17.5 Å². The van der Waals surface area contributed by atoms with Crippen molar-refractivity contribution in [3.05, 3.63) is 65.5 Å². The number of benzene rings is 2. The first-order valence-corrected chi connectivity index (χ1v) is 10.00. The van der Waals surface area contributed by atoms with E-state index in [4.69, 9.17) is 0 Å². The van der Waals surface area contributed by atoms with Crippen LogP contribution in [-0.4, -0.2) is 51.6 Å². The van der Waals surface area contributed by atoms with Gasteiger partial charge >= 0.3 is 11.8 Å². The van der Waals surface area contributed by atoms with Crippen molar-refractivity contribution in [3.8, 4) is 0 Å². The molecular formula is C22H29FN4O2+2. The Bertz CT molecular complexity index is 848. The summed E-state index contributed by atoms with van der Waals surface area (Å²) in [5.74, 6) is -2.20. The number of piperazine rings is 1. The van der Waals surface area contributed by atoms with Crippen molar-refractivity contribution in [2.24, 2.45) is 0 Å². The summed E-state index contributed by atoms with van der Waals surface area (Å²) in [7, 11) is 2.19. The molecule has 1 saturated heterocycles. The van der Waals surface area contributed by atoms with E-state index < -0.39 is 17.6 Å². The molecule has 3 rings (SSSR count). The molecule has 2 aromatic carbocycles. The van der Waals surface area contributed by atoms with Gasteiger partial charge in [0.15, 0.2) is 0 Å². The lowest BCUT2D eigenvalue weighted by Crippen LogP contribution is -3.27. The molecule has 1 atom stereocenters. The Kier molecular flexibility index (Phi) is 6.95. The minimum Gasteiger partial charge on any atom is -0.341 e. The Morgan fingerprint density at radius 1 is 1.00 bits per heavy atom. The number of quaternary nitrogens is 2. The minimum absolute atomic E-state index is 0.00426. The first kappa shape index (κ1) is 21.0. The Labute approximate surface area is 170 Å². The van der Waals surface area contributed by atoms with E-state index in [0.29, 0.717) is 6.54 Å². The molecule has 0 spiro atoms. The topological polar surface area (TPSA) is 67.1 Å². The van der Waals surface area contributed by atoms with Gasteiger partial charge in [0.2, 0.25) is 0 Å². The molecule has 6 nitrogen and oxygen atoms in total. The Morgan fingerprint density at radius 3 is 2.31 bits per heavy atom. The molecule has 0 radical (unpaired) electrons. The summed E-state index contributed by atoms with van der Waals surface area (Å²) in [5.41, 5.74) is 2.31. The third kappa shape index (κ3) is 5.62. The predicted molar refractivity (Wildman–Crippen MR) is 109 cm³/mol. The second kappa shape index (κ2) is 9.62. The number of amides is 2. The maximum absolute atomic E-state index is 13.7. The van der Waals surface area contributed by atoms with Gasteiger partial charge < -0.3 is 20.4 Å². The highest BCUT2D eigenvalue weighted by Gasteiger charge is 2.30. The molecule has 4 N–H and O–H groups in total. The van der Waals surface area contributed by atoms with Crippen LogP contribution in [0.2, 0.25) is 0 Å². The van der Waals surface area contributed by atoms with Gasteiger partial charge in [-0.15, -0.1) is 0 Å². The zero-order valence-electron chi connectivity index (χ0n) is 16.9.